The fourth-order valence-electron chi connectivity index (χ4n) is 5.01. The van der Waals surface area contributed by atoms with E-state index in [0.29, 0.717) is 35.2 Å². The van der Waals surface area contributed by atoms with Gasteiger partial charge in [-0.3, -0.25) is 14.8 Å². The standard InChI is InChI=1S/C25H24F3N5O/c1-15-10-18(19-4-2-3-9-29-19)23(31-12-15)24(34)33-14-16-5-7-21(33)20(11-16)32-22-8-6-17(13-30-22)25(26,27)28/h2-4,6,8-10,12-13,16,20-21H,5,7,11,14H2,1H3,(H,30,32)/t16?,20-,21+/m1/s1. The highest BCUT2D eigenvalue weighted by molar-refractivity contribution is 5.99. The Morgan fingerprint density at radius 2 is 1.94 bits per heavy atom. The average molecular weight is 467 g/mol. The lowest BCUT2D eigenvalue weighted by Gasteiger charge is -2.50. The molecule has 0 aromatic carbocycles. The third-order valence-electron chi connectivity index (χ3n) is 6.63. The van der Waals surface area contributed by atoms with E-state index in [-0.39, 0.29) is 18.0 Å². The van der Waals surface area contributed by atoms with Gasteiger partial charge in [0, 0.05) is 36.7 Å². The molecule has 9 heteroatoms. The van der Waals surface area contributed by atoms with Crippen molar-refractivity contribution in [3.8, 4) is 11.3 Å². The zero-order valence-electron chi connectivity index (χ0n) is 18.6. The lowest BCUT2D eigenvalue weighted by molar-refractivity contribution is -0.137. The van der Waals surface area contributed by atoms with Crippen molar-refractivity contribution < 1.29 is 18.0 Å². The Bertz CT molecular complexity index is 1180. The summed E-state index contributed by atoms with van der Waals surface area (Å²) >= 11 is 0. The zero-order chi connectivity index (χ0) is 23.9. The Morgan fingerprint density at radius 3 is 2.62 bits per heavy atom. The number of rotatable bonds is 4. The zero-order valence-corrected chi connectivity index (χ0v) is 18.6. The number of carbonyl (C=O) groups excluding carboxylic acids is 1. The summed E-state index contributed by atoms with van der Waals surface area (Å²) in [5, 5.41) is 3.28. The smallest absolute Gasteiger partial charge is 0.365 e. The van der Waals surface area contributed by atoms with Gasteiger partial charge in [-0.15, -0.1) is 0 Å². The fourth-order valence-corrected chi connectivity index (χ4v) is 5.01. The first kappa shape index (κ1) is 22.3. The van der Waals surface area contributed by atoms with Gasteiger partial charge in [-0.25, -0.2) is 4.98 Å². The highest BCUT2D eigenvalue weighted by Crippen LogP contribution is 2.38. The predicted octanol–water partition coefficient (Wildman–Crippen LogP) is 4.97. The van der Waals surface area contributed by atoms with Gasteiger partial charge in [0.15, 0.2) is 0 Å². The van der Waals surface area contributed by atoms with Gasteiger partial charge in [0.2, 0.25) is 0 Å². The second-order valence-corrected chi connectivity index (χ2v) is 9.01. The van der Waals surface area contributed by atoms with Crippen molar-refractivity contribution in [2.75, 3.05) is 11.9 Å². The van der Waals surface area contributed by atoms with Gasteiger partial charge in [-0.05, 0) is 68.0 Å². The van der Waals surface area contributed by atoms with Crippen LogP contribution in [0.15, 0.2) is 55.0 Å². The number of alkyl halides is 3. The van der Waals surface area contributed by atoms with Gasteiger partial charge in [-0.2, -0.15) is 13.2 Å². The lowest BCUT2D eigenvalue weighted by atomic mass is 9.76. The van der Waals surface area contributed by atoms with Gasteiger partial charge >= 0.3 is 6.18 Å². The molecule has 2 aliphatic heterocycles. The van der Waals surface area contributed by atoms with Gasteiger partial charge in [0.25, 0.3) is 5.91 Å². The summed E-state index contributed by atoms with van der Waals surface area (Å²) in [6.07, 6.45) is 2.45. The minimum absolute atomic E-state index is 0.0931. The van der Waals surface area contributed by atoms with E-state index in [1.54, 1.807) is 12.4 Å². The maximum atomic E-state index is 13.7. The molecule has 1 aliphatic carbocycles. The minimum atomic E-state index is -4.43. The molecular formula is C25H24F3N5O. The number of halogens is 3. The van der Waals surface area contributed by atoms with Crippen LogP contribution in [0.2, 0.25) is 0 Å². The second kappa shape index (κ2) is 8.70. The maximum Gasteiger partial charge on any atom is 0.417 e. The Balaban J connectivity index is 1.40. The first-order valence-corrected chi connectivity index (χ1v) is 11.3. The van der Waals surface area contributed by atoms with Crippen molar-refractivity contribution in [2.24, 2.45) is 5.92 Å². The van der Waals surface area contributed by atoms with Gasteiger partial charge in [-0.1, -0.05) is 6.07 Å². The quantitative estimate of drug-likeness (QED) is 0.587. The monoisotopic (exact) mass is 467 g/mol. The largest absolute Gasteiger partial charge is 0.417 e. The number of aryl methyl sites for hydroxylation is 1. The van der Waals surface area contributed by atoms with Crippen LogP contribution in [0.25, 0.3) is 11.3 Å². The van der Waals surface area contributed by atoms with Crippen molar-refractivity contribution in [1.29, 1.82) is 0 Å². The number of nitrogens with zero attached hydrogens (tertiary/aromatic N) is 4. The van der Waals surface area contributed by atoms with Crippen molar-refractivity contribution in [3.05, 3.63) is 71.8 Å². The van der Waals surface area contributed by atoms with Crippen LogP contribution in [-0.2, 0) is 6.18 Å². The highest BCUT2D eigenvalue weighted by Gasteiger charge is 2.44. The van der Waals surface area contributed by atoms with E-state index in [4.69, 9.17) is 0 Å². The van der Waals surface area contributed by atoms with Crippen molar-refractivity contribution >= 4 is 11.7 Å². The SMILES string of the molecule is Cc1cnc(C(=O)N2CC3CC[C@H]2[C@H](Nc2ccc(C(F)(F)F)cn2)C3)c(-c2ccccn2)c1. The third-order valence-corrected chi connectivity index (χ3v) is 6.63. The van der Waals surface area contributed by atoms with E-state index >= 15 is 0 Å². The normalized spacial score (nSPS) is 22.0. The van der Waals surface area contributed by atoms with E-state index < -0.39 is 11.7 Å². The minimum Gasteiger partial charge on any atom is -0.365 e. The molecule has 6 nitrogen and oxygen atoms in total. The third kappa shape index (κ3) is 4.34. The molecule has 5 heterocycles. The Morgan fingerprint density at radius 1 is 1.09 bits per heavy atom. The summed E-state index contributed by atoms with van der Waals surface area (Å²) in [5.74, 6) is 0.535. The first-order valence-electron chi connectivity index (χ1n) is 11.3. The molecule has 3 aromatic heterocycles. The van der Waals surface area contributed by atoms with Crippen LogP contribution >= 0.6 is 0 Å². The number of hydrogen-bond donors (Lipinski definition) is 1. The second-order valence-electron chi connectivity index (χ2n) is 9.01. The molecule has 1 saturated carbocycles. The lowest BCUT2D eigenvalue weighted by Crippen LogP contribution is -2.60. The van der Waals surface area contributed by atoms with E-state index in [1.165, 1.54) is 6.07 Å². The number of piperidine rings is 2. The summed E-state index contributed by atoms with van der Waals surface area (Å²) in [5.41, 5.74) is 1.90. The molecule has 3 fully saturated rings. The summed E-state index contributed by atoms with van der Waals surface area (Å²) < 4.78 is 38.6. The molecule has 176 valence electrons. The number of aromatic nitrogens is 3. The van der Waals surface area contributed by atoms with E-state index in [9.17, 15) is 18.0 Å². The molecule has 1 unspecified atom stereocenters. The molecule has 3 atom stereocenters. The molecule has 0 spiro atoms. The van der Waals surface area contributed by atoms with E-state index in [2.05, 4.69) is 20.3 Å². The number of fused-ring (bicyclic) bond motifs is 3. The molecule has 2 bridgehead atoms. The molecule has 1 N–H and O–H groups in total. The van der Waals surface area contributed by atoms with Crippen LogP contribution in [0.4, 0.5) is 19.0 Å². The van der Waals surface area contributed by atoms with Crippen LogP contribution in [0, 0.1) is 12.8 Å². The first-order chi connectivity index (χ1) is 16.3. The Hall–Kier alpha value is -3.49. The molecule has 1 amide bonds. The number of nitrogens with one attached hydrogen (secondary N) is 1. The van der Waals surface area contributed by atoms with Crippen molar-refractivity contribution in [2.45, 2.75) is 44.4 Å². The highest BCUT2D eigenvalue weighted by atomic mass is 19.4. The summed E-state index contributed by atoms with van der Waals surface area (Å²) in [6, 6.07) is 9.66. The van der Waals surface area contributed by atoms with Crippen molar-refractivity contribution in [1.82, 2.24) is 19.9 Å². The number of pyridine rings is 3. The molecule has 34 heavy (non-hydrogen) atoms. The molecule has 3 aliphatic rings. The molecule has 3 aromatic rings. The van der Waals surface area contributed by atoms with Gasteiger partial charge in [0.1, 0.15) is 11.5 Å². The van der Waals surface area contributed by atoms with E-state index in [1.807, 2.05) is 36.1 Å². The predicted molar refractivity (Wildman–Crippen MR) is 121 cm³/mol. The van der Waals surface area contributed by atoms with Crippen LogP contribution < -0.4 is 5.32 Å². The Kier molecular flexibility index (Phi) is 5.71. The number of carbonyl (C=O) groups is 1. The van der Waals surface area contributed by atoms with Gasteiger partial charge in [0.05, 0.1) is 17.3 Å². The number of anilines is 1. The summed E-state index contributed by atoms with van der Waals surface area (Å²) in [4.78, 5) is 28.4. The van der Waals surface area contributed by atoms with Gasteiger partial charge < -0.3 is 10.2 Å². The number of amides is 1. The average Bonchev–Trinajstić information content (AvgIpc) is 2.84. The molecule has 6 rings (SSSR count). The summed E-state index contributed by atoms with van der Waals surface area (Å²) in [7, 11) is 0. The number of hydrogen-bond acceptors (Lipinski definition) is 5. The van der Waals surface area contributed by atoms with Crippen LogP contribution in [0.3, 0.4) is 0 Å². The molecule has 0 radical (unpaired) electrons. The molecule has 2 saturated heterocycles. The Labute approximate surface area is 195 Å². The topological polar surface area (TPSA) is 71.0 Å². The van der Waals surface area contributed by atoms with Crippen LogP contribution in [0.1, 0.15) is 40.9 Å². The maximum absolute atomic E-state index is 13.7. The van der Waals surface area contributed by atoms with Crippen LogP contribution in [0.5, 0.6) is 0 Å². The van der Waals surface area contributed by atoms with Crippen molar-refractivity contribution in [3.63, 3.8) is 0 Å². The van der Waals surface area contributed by atoms with Crippen LogP contribution in [-0.4, -0.2) is 44.4 Å². The fraction of sp³-hybridized carbons (Fsp3) is 0.360. The van der Waals surface area contributed by atoms with E-state index in [0.717, 1.165) is 37.1 Å². The molecular weight excluding hydrogens is 443 g/mol. The summed E-state index contributed by atoms with van der Waals surface area (Å²) in [6.45, 7) is 2.56.